The fourth-order valence-corrected chi connectivity index (χ4v) is 1.87. The van der Waals surface area contributed by atoms with Crippen molar-refractivity contribution < 1.29 is 18.9 Å². The van der Waals surface area contributed by atoms with Crippen LogP contribution in [0.3, 0.4) is 0 Å². The second kappa shape index (κ2) is 9.74. The molecule has 0 aromatic rings. The average molecular weight is 306 g/mol. The van der Waals surface area contributed by atoms with Crippen LogP contribution in [-0.4, -0.2) is 45.4 Å². The van der Waals surface area contributed by atoms with Crippen molar-refractivity contribution in [3.05, 3.63) is 0 Å². The second-order valence-corrected chi connectivity index (χ2v) is 7.04. The van der Waals surface area contributed by atoms with Gasteiger partial charge in [-0.05, 0) is 26.7 Å². The Kier molecular flexibility index (Phi) is 9.20. The number of amides is 2. The predicted octanol–water partition coefficient (Wildman–Crippen LogP) is 1.33. The summed E-state index contributed by atoms with van der Waals surface area (Å²) in [5.41, 5.74) is 0. The highest BCUT2D eigenvalue weighted by Gasteiger charge is 2.13. The molecule has 7 heteroatoms. The Morgan fingerprint density at radius 1 is 1.20 bits per heavy atom. The Morgan fingerprint density at radius 2 is 1.80 bits per heavy atom. The van der Waals surface area contributed by atoms with E-state index in [1.807, 2.05) is 13.8 Å². The monoisotopic (exact) mass is 306 g/mol. The van der Waals surface area contributed by atoms with Gasteiger partial charge in [0.25, 0.3) is 0 Å². The molecule has 20 heavy (non-hydrogen) atoms. The van der Waals surface area contributed by atoms with Gasteiger partial charge in [-0.1, -0.05) is 13.3 Å². The Labute approximate surface area is 123 Å². The average Bonchev–Trinajstić information content (AvgIpc) is 2.35. The van der Waals surface area contributed by atoms with Gasteiger partial charge < -0.3 is 15.7 Å². The third kappa shape index (κ3) is 8.90. The summed E-state index contributed by atoms with van der Waals surface area (Å²) in [5, 5.41) is 14.1. The number of nitrogens with one attached hydrogen (secondary N) is 2. The number of rotatable bonds is 9. The number of hydrogen-bond acceptors (Lipinski definition) is 3. The van der Waals surface area contributed by atoms with E-state index in [4.69, 9.17) is 5.11 Å². The first-order valence-electron chi connectivity index (χ1n) is 6.83. The molecule has 6 nitrogen and oxygen atoms in total. The van der Waals surface area contributed by atoms with Crippen LogP contribution in [0.15, 0.2) is 0 Å². The first-order valence-corrected chi connectivity index (χ1v) is 8.45. The number of carboxylic acids is 1. The summed E-state index contributed by atoms with van der Waals surface area (Å²) >= 11 is 0. The van der Waals surface area contributed by atoms with Crippen LogP contribution in [0.1, 0.15) is 40.0 Å². The van der Waals surface area contributed by atoms with Crippen LogP contribution in [0, 0.1) is 5.92 Å². The molecule has 2 amide bonds. The highest BCUT2D eigenvalue weighted by Crippen LogP contribution is 2.09. The Balaban J connectivity index is 3.80. The van der Waals surface area contributed by atoms with Crippen molar-refractivity contribution in [1.29, 1.82) is 0 Å². The van der Waals surface area contributed by atoms with Gasteiger partial charge in [0.2, 0.25) is 0 Å². The van der Waals surface area contributed by atoms with Crippen molar-refractivity contribution >= 4 is 22.8 Å². The Morgan fingerprint density at radius 3 is 2.30 bits per heavy atom. The molecular weight excluding hydrogens is 280 g/mol. The molecule has 0 heterocycles. The molecule has 0 aliphatic carbocycles. The molecule has 0 saturated heterocycles. The molecule has 4 unspecified atom stereocenters. The molecule has 0 bridgehead atoms. The molecule has 0 aliphatic rings. The minimum atomic E-state index is -0.952. The zero-order chi connectivity index (χ0) is 15.7. The van der Waals surface area contributed by atoms with Crippen LogP contribution >= 0.6 is 0 Å². The molecule has 0 rings (SSSR count). The summed E-state index contributed by atoms with van der Waals surface area (Å²) in [6.45, 7) is 5.75. The number of aliphatic carboxylic acids is 1. The van der Waals surface area contributed by atoms with Gasteiger partial charge in [0.05, 0.1) is 5.92 Å². The van der Waals surface area contributed by atoms with E-state index in [-0.39, 0.29) is 23.2 Å². The van der Waals surface area contributed by atoms with E-state index in [1.165, 1.54) is 0 Å². The van der Waals surface area contributed by atoms with Crippen LogP contribution in [0.4, 0.5) is 4.79 Å². The van der Waals surface area contributed by atoms with E-state index in [1.54, 1.807) is 13.2 Å². The molecule has 118 valence electrons. The fourth-order valence-electron chi connectivity index (χ4n) is 1.55. The SMILES string of the molecule is CC(CCCC(C)C(=O)O)NC(=O)NCC(C)S(C)=O. The molecule has 0 aromatic carbocycles. The van der Waals surface area contributed by atoms with Crippen molar-refractivity contribution in [2.24, 2.45) is 5.92 Å². The van der Waals surface area contributed by atoms with E-state index >= 15 is 0 Å². The summed E-state index contributed by atoms with van der Waals surface area (Å²) in [6, 6.07) is -0.292. The van der Waals surface area contributed by atoms with Gasteiger partial charge >= 0.3 is 12.0 Å². The summed E-state index contributed by atoms with van der Waals surface area (Å²) in [4.78, 5) is 22.2. The minimum absolute atomic E-state index is 0.0153. The van der Waals surface area contributed by atoms with Gasteiger partial charge in [-0.2, -0.15) is 0 Å². The summed E-state index contributed by atoms with van der Waals surface area (Å²) in [6.07, 6.45) is 3.70. The molecule has 0 aliphatic heterocycles. The number of carboxylic acid groups (broad SMARTS) is 1. The molecule has 3 N–H and O–H groups in total. The van der Waals surface area contributed by atoms with Gasteiger partial charge in [0.1, 0.15) is 0 Å². The largest absolute Gasteiger partial charge is 0.481 e. The molecule has 0 spiro atoms. The first-order chi connectivity index (χ1) is 9.23. The molecule has 0 radical (unpaired) electrons. The van der Waals surface area contributed by atoms with Gasteiger partial charge in [-0.25, -0.2) is 4.79 Å². The Bertz CT molecular complexity index is 349. The zero-order valence-corrected chi connectivity index (χ0v) is 13.5. The highest BCUT2D eigenvalue weighted by molar-refractivity contribution is 7.84. The van der Waals surface area contributed by atoms with Crippen molar-refractivity contribution in [3.8, 4) is 0 Å². The number of urea groups is 1. The highest BCUT2D eigenvalue weighted by atomic mass is 32.2. The molecule has 4 atom stereocenters. The third-order valence-electron chi connectivity index (χ3n) is 3.19. The maximum absolute atomic E-state index is 11.6. The second-order valence-electron chi connectivity index (χ2n) is 5.23. The topological polar surface area (TPSA) is 95.5 Å². The smallest absolute Gasteiger partial charge is 0.315 e. The normalized spacial score (nSPS) is 16.8. The van der Waals surface area contributed by atoms with Crippen LogP contribution in [-0.2, 0) is 15.6 Å². The standard InChI is InChI=1S/C13H26N2O4S/c1-9(12(16)17)6-5-7-10(2)15-13(18)14-8-11(3)20(4)19/h9-11H,5-8H2,1-4H3,(H,16,17)(H2,14,15,18). The van der Waals surface area contributed by atoms with Gasteiger partial charge in [0, 0.05) is 34.9 Å². The van der Waals surface area contributed by atoms with E-state index in [0.717, 1.165) is 12.8 Å². The van der Waals surface area contributed by atoms with Gasteiger partial charge in [0.15, 0.2) is 0 Å². The van der Waals surface area contributed by atoms with Crippen LogP contribution in [0.25, 0.3) is 0 Å². The number of carbonyl (C=O) groups is 2. The van der Waals surface area contributed by atoms with E-state index in [0.29, 0.717) is 13.0 Å². The van der Waals surface area contributed by atoms with Crippen molar-refractivity contribution in [3.63, 3.8) is 0 Å². The fraction of sp³-hybridized carbons (Fsp3) is 0.846. The summed E-state index contributed by atoms with van der Waals surface area (Å²) < 4.78 is 11.1. The van der Waals surface area contributed by atoms with E-state index in [2.05, 4.69) is 10.6 Å². The molecular formula is C13H26N2O4S. The first kappa shape index (κ1) is 18.9. The maximum Gasteiger partial charge on any atom is 0.315 e. The summed E-state index contributed by atoms with van der Waals surface area (Å²) in [7, 11) is -0.952. The van der Waals surface area contributed by atoms with E-state index < -0.39 is 16.8 Å². The lowest BCUT2D eigenvalue weighted by Gasteiger charge is -2.16. The number of hydrogen-bond donors (Lipinski definition) is 3. The quantitative estimate of drug-likeness (QED) is 0.599. The molecule has 0 aromatic heterocycles. The van der Waals surface area contributed by atoms with Crippen molar-refractivity contribution in [1.82, 2.24) is 10.6 Å². The van der Waals surface area contributed by atoms with Crippen LogP contribution in [0.5, 0.6) is 0 Å². The zero-order valence-electron chi connectivity index (χ0n) is 12.6. The predicted molar refractivity (Wildman–Crippen MR) is 80.2 cm³/mol. The van der Waals surface area contributed by atoms with Crippen LogP contribution < -0.4 is 10.6 Å². The van der Waals surface area contributed by atoms with Crippen LogP contribution in [0.2, 0.25) is 0 Å². The third-order valence-corrected chi connectivity index (χ3v) is 4.49. The van der Waals surface area contributed by atoms with Gasteiger partial charge in [-0.15, -0.1) is 0 Å². The lowest BCUT2D eigenvalue weighted by Crippen LogP contribution is -2.43. The Hall–Kier alpha value is -1.11. The maximum atomic E-state index is 11.6. The lowest BCUT2D eigenvalue weighted by molar-refractivity contribution is -0.141. The molecule has 0 saturated carbocycles. The molecule has 0 fully saturated rings. The summed E-state index contributed by atoms with van der Waals surface area (Å²) in [5.74, 6) is -1.14. The number of carbonyl (C=O) groups excluding carboxylic acids is 1. The van der Waals surface area contributed by atoms with Gasteiger partial charge in [-0.3, -0.25) is 9.00 Å². The minimum Gasteiger partial charge on any atom is -0.481 e. The van der Waals surface area contributed by atoms with Crippen molar-refractivity contribution in [2.45, 2.75) is 51.3 Å². The van der Waals surface area contributed by atoms with Crippen molar-refractivity contribution in [2.75, 3.05) is 12.8 Å². The van der Waals surface area contributed by atoms with E-state index in [9.17, 15) is 13.8 Å². The lowest BCUT2D eigenvalue weighted by atomic mass is 10.0.